The van der Waals surface area contributed by atoms with Crippen molar-refractivity contribution >= 4 is 5.97 Å². The Morgan fingerprint density at radius 3 is 2.84 bits per heavy atom. The molecule has 0 aliphatic heterocycles. The average Bonchev–Trinajstić information content (AvgIpc) is 2.90. The predicted octanol–water partition coefficient (Wildman–Crippen LogP) is 3.29. The molecule has 0 amide bonds. The van der Waals surface area contributed by atoms with Gasteiger partial charge in [0.05, 0.1) is 7.11 Å². The van der Waals surface area contributed by atoms with E-state index in [9.17, 15) is 4.79 Å². The van der Waals surface area contributed by atoms with E-state index in [0.29, 0.717) is 6.42 Å². The third-order valence-corrected chi connectivity index (χ3v) is 3.63. The van der Waals surface area contributed by atoms with Crippen LogP contribution < -0.4 is 4.74 Å². The maximum Gasteiger partial charge on any atom is 0.347 e. The molecule has 2 rings (SSSR count). The number of methoxy groups -OCH3 is 1. The standard InChI is InChI=1S/C16H22O3/c1-3-4-8-15(16(17)18-2)19-14-10-9-12-6-5-7-13(12)11-14/h9-11,15H,3-8H2,1-2H3. The fourth-order valence-corrected chi connectivity index (χ4v) is 2.53. The van der Waals surface area contributed by atoms with Crippen molar-refractivity contribution < 1.29 is 14.3 Å². The monoisotopic (exact) mass is 262 g/mol. The summed E-state index contributed by atoms with van der Waals surface area (Å²) in [5.74, 6) is 0.501. The quantitative estimate of drug-likeness (QED) is 0.738. The van der Waals surface area contributed by atoms with Crippen LogP contribution in [0.3, 0.4) is 0 Å². The molecule has 0 aromatic heterocycles. The van der Waals surface area contributed by atoms with Gasteiger partial charge in [-0.05, 0) is 55.4 Å². The van der Waals surface area contributed by atoms with Crippen LogP contribution in [0.5, 0.6) is 5.75 Å². The Morgan fingerprint density at radius 1 is 1.32 bits per heavy atom. The van der Waals surface area contributed by atoms with Crippen molar-refractivity contribution in [3.05, 3.63) is 29.3 Å². The lowest BCUT2D eigenvalue weighted by Crippen LogP contribution is -2.28. The Morgan fingerprint density at radius 2 is 2.11 bits per heavy atom. The van der Waals surface area contributed by atoms with E-state index < -0.39 is 6.10 Å². The molecule has 3 heteroatoms. The van der Waals surface area contributed by atoms with Gasteiger partial charge in [-0.1, -0.05) is 19.4 Å². The van der Waals surface area contributed by atoms with E-state index >= 15 is 0 Å². The number of esters is 1. The van der Waals surface area contributed by atoms with Crippen molar-refractivity contribution in [2.45, 2.75) is 51.6 Å². The normalized spacial score (nSPS) is 14.8. The van der Waals surface area contributed by atoms with Crippen LogP contribution in [0, 0.1) is 0 Å². The van der Waals surface area contributed by atoms with Crippen LogP contribution in [0.15, 0.2) is 18.2 Å². The molecule has 1 aromatic rings. The average molecular weight is 262 g/mol. The van der Waals surface area contributed by atoms with Gasteiger partial charge in [-0.15, -0.1) is 0 Å². The second-order valence-corrected chi connectivity index (χ2v) is 5.06. The fourth-order valence-electron chi connectivity index (χ4n) is 2.53. The van der Waals surface area contributed by atoms with E-state index in [4.69, 9.17) is 9.47 Å². The fraction of sp³-hybridized carbons (Fsp3) is 0.562. The lowest BCUT2D eigenvalue weighted by Gasteiger charge is -2.17. The summed E-state index contributed by atoms with van der Waals surface area (Å²) in [7, 11) is 1.41. The lowest BCUT2D eigenvalue weighted by molar-refractivity contribution is -0.149. The summed E-state index contributed by atoms with van der Waals surface area (Å²) in [6.45, 7) is 2.10. The van der Waals surface area contributed by atoms with Crippen molar-refractivity contribution in [3.63, 3.8) is 0 Å². The summed E-state index contributed by atoms with van der Waals surface area (Å²) in [5.41, 5.74) is 2.77. The van der Waals surface area contributed by atoms with Gasteiger partial charge in [0, 0.05) is 0 Å². The minimum absolute atomic E-state index is 0.283. The maximum atomic E-state index is 11.7. The number of carbonyl (C=O) groups excluding carboxylic acids is 1. The van der Waals surface area contributed by atoms with Gasteiger partial charge in [-0.25, -0.2) is 4.79 Å². The first kappa shape index (κ1) is 13.9. The first-order chi connectivity index (χ1) is 9.24. The zero-order valence-electron chi connectivity index (χ0n) is 11.8. The molecule has 104 valence electrons. The Kier molecular flexibility index (Phi) is 4.83. The number of rotatable bonds is 6. The summed E-state index contributed by atoms with van der Waals surface area (Å²) >= 11 is 0. The first-order valence-corrected chi connectivity index (χ1v) is 7.11. The lowest BCUT2D eigenvalue weighted by atomic mass is 10.1. The van der Waals surface area contributed by atoms with Crippen molar-refractivity contribution in [1.29, 1.82) is 0 Å². The van der Waals surface area contributed by atoms with E-state index in [1.165, 1.54) is 24.7 Å². The van der Waals surface area contributed by atoms with Crippen molar-refractivity contribution in [1.82, 2.24) is 0 Å². The molecule has 1 aliphatic rings. The highest BCUT2D eigenvalue weighted by Crippen LogP contribution is 2.27. The summed E-state index contributed by atoms with van der Waals surface area (Å²) < 4.78 is 10.6. The van der Waals surface area contributed by atoms with E-state index in [1.54, 1.807) is 0 Å². The zero-order valence-corrected chi connectivity index (χ0v) is 11.8. The second-order valence-electron chi connectivity index (χ2n) is 5.06. The molecule has 0 spiro atoms. The van der Waals surface area contributed by atoms with E-state index in [0.717, 1.165) is 31.4 Å². The van der Waals surface area contributed by atoms with Crippen LogP contribution in [0.4, 0.5) is 0 Å². The molecule has 0 bridgehead atoms. The first-order valence-electron chi connectivity index (χ1n) is 7.11. The van der Waals surface area contributed by atoms with Crippen molar-refractivity contribution in [2.75, 3.05) is 7.11 Å². The van der Waals surface area contributed by atoms with Gasteiger partial charge in [0.2, 0.25) is 0 Å². The molecule has 0 heterocycles. The second kappa shape index (κ2) is 6.60. The maximum absolute atomic E-state index is 11.7. The van der Waals surface area contributed by atoms with Gasteiger partial charge in [-0.2, -0.15) is 0 Å². The largest absolute Gasteiger partial charge is 0.479 e. The molecule has 1 unspecified atom stereocenters. The summed E-state index contributed by atoms with van der Waals surface area (Å²) in [4.78, 5) is 11.7. The third-order valence-electron chi connectivity index (χ3n) is 3.63. The van der Waals surface area contributed by atoms with Crippen LogP contribution in [-0.2, 0) is 22.4 Å². The van der Waals surface area contributed by atoms with E-state index in [2.05, 4.69) is 19.1 Å². The third kappa shape index (κ3) is 3.49. The van der Waals surface area contributed by atoms with Crippen molar-refractivity contribution in [2.24, 2.45) is 0 Å². The van der Waals surface area contributed by atoms with Gasteiger partial charge in [0.25, 0.3) is 0 Å². The predicted molar refractivity (Wildman–Crippen MR) is 74.4 cm³/mol. The molecule has 19 heavy (non-hydrogen) atoms. The Bertz CT molecular complexity index is 440. The van der Waals surface area contributed by atoms with Crippen LogP contribution in [0.1, 0.15) is 43.7 Å². The van der Waals surface area contributed by atoms with Gasteiger partial charge in [0.1, 0.15) is 5.75 Å². The molecule has 0 fully saturated rings. The molecule has 0 saturated carbocycles. The molecule has 0 saturated heterocycles. The van der Waals surface area contributed by atoms with Crippen molar-refractivity contribution in [3.8, 4) is 5.75 Å². The molecule has 0 radical (unpaired) electrons. The van der Waals surface area contributed by atoms with E-state index in [1.807, 2.05) is 6.07 Å². The molecule has 1 atom stereocenters. The summed E-state index contributed by atoms with van der Waals surface area (Å²) in [5, 5.41) is 0. The summed E-state index contributed by atoms with van der Waals surface area (Å²) in [6.07, 6.45) is 5.72. The van der Waals surface area contributed by atoms with Crippen LogP contribution in [-0.4, -0.2) is 19.2 Å². The minimum Gasteiger partial charge on any atom is -0.479 e. The van der Waals surface area contributed by atoms with Crippen LogP contribution >= 0.6 is 0 Å². The van der Waals surface area contributed by atoms with Gasteiger partial charge >= 0.3 is 5.97 Å². The number of fused-ring (bicyclic) bond motifs is 1. The number of aryl methyl sites for hydroxylation is 2. The Balaban J connectivity index is 2.05. The highest BCUT2D eigenvalue weighted by atomic mass is 16.6. The molecule has 3 nitrogen and oxygen atoms in total. The number of hydrogen-bond donors (Lipinski definition) is 0. The summed E-state index contributed by atoms with van der Waals surface area (Å²) in [6, 6.07) is 6.15. The van der Waals surface area contributed by atoms with Crippen LogP contribution in [0.25, 0.3) is 0 Å². The molecule has 0 N–H and O–H groups in total. The van der Waals surface area contributed by atoms with Gasteiger partial charge < -0.3 is 9.47 Å². The highest BCUT2D eigenvalue weighted by Gasteiger charge is 2.21. The smallest absolute Gasteiger partial charge is 0.347 e. The SMILES string of the molecule is CCCCC(Oc1ccc2c(c1)CCC2)C(=O)OC. The molecular formula is C16H22O3. The van der Waals surface area contributed by atoms with Gasteiger partial charge in [0.15, 0.2) is 6.10 Å². The number of hydrogen-bond acceptors (Lipinski definition) is 3. The molecule has 1 aliphatic carbocycles. The highest BCUT2D eigenvalue weighted by molar-refractivity contribution is 5.74. The number of benzene rings is 1. The minimum atomic E-state index is -0.482. The van der Waals surface area contributed by atoms with E-state index in [-0.39, 0.29) is 5.97 Å². The number of carbonyl (C=O) groups is 1. The van der Waals surface area contributed by atoms with Gasteiger partial charge in [-0.3, -0.25) is 0 Å². The Labute approximate surface area is 114 Å². The molecule has 1 aromatic carbocycles. The topological polar surface area (TPSA) is 35.5 Å². The number of unbranched alkanes of at least 4 members (excludes halogenated alkanes) is 1. The zero-order chi connectivity index (χ0) is 13.7. The van der Waals surface area contributed by atoms with Crippen LogP contribution in [0.2, 0.25) is 0 Å². The number of ether oxygens (including phenoxy) is 2. The Hall–Kier alpha value is -1.51. The molecular weight excluding hydrogens is 240 g/mol.